The molecule has 0 radical (unpaired) electrons. The molecule has 0 unspecified atom stereocenters. The summed E-state index contributed by atoms with van der Waals surface area (Å²) in [5.74, 6) is 0.955. The molecule has 2 heterocycles. The van der Waals surface area contributed by atoms with Crippen LogP contribution in [0.4, 0.5) is 5.82 Å². The van der Waals surface area contributed by atoms with Gasteiger partial charge in [0, 0.05) is 25.2 Å². The summed E-state index contributed by atoms with van der Waals surface area (Å²) >= 11 is 3.59. The van der Waals surface area contributed by atoms with Crippen LogP contribution in [0.2, 0.25) is 0 Å². The van der Waals surface area contributed by atoms with Gasteiger partial charge in [0.1, 0.15) is 10.4 Å². The number of anilines is 1. The molecule has 1 aromatic heterocycles. The maximum Gasteiger partial charge on any atom is 0.128 e. The Morgan fingerprint density at radius 2 is 1.77 bits per heavy atom. The number of halogens is 1. The van der Waals surface area contributed by atoms with Gasteiger partial charge in [-0.05, 0) is 86.0 Å². The topological polar surface area (TPSA) is 57.6 Å². The van der Waals surface area contributed by atoms with E-state index in [4.69, 9.17) is 4.74 Å². The van der Waals surface area contributed by atoms with E-state index in [2.05, 4.69) is 57.1 Å². The average Bonchev–Trinajstić information content (AvgIpc) is 2.55. The molecule has 1 aromatic rings. The number of hydrogen-bond donors (Lipinski definition) is 2. The van der Waals surface area contributed by atoms with Crippen molar-refractivity contribution in [2.75, 3.05) is 18.4 Å². The van der Waals surface area contributed by atoms with Crippen molar-refractivity contribution in [3.8, 4) is 0 Å². The molecule has 26 heavy (non-hydrogen) atoms. The van der Waals surface area contributed by atoms with Gasteiger partial charge in [-0.25, -0.2) is 4.98 Å². The first-order valence-electron chi connectivity index (χ1n) is 9.88. The van der Waals surface area contributed by atoms with Gasteiger partial charge >= 0.3 is 0 Å². The van der Waals surface area contributed by atoms with Crippen LogP contribution in [0.15, 0.2) is 16.7 Å². The molecule has 0 aromatic carbocycles. The van der Waals surface area contributed by atoms with Crippen LogP contribution in [0.1, 0.15) is 57.9 Å². The molecular formula is C20H30BrN3O2. The first-order chi connectivity index (χ1) is 12.3. The zero-order chi connectivity index (χ0) is 18.4. The van der Waals surface area contributed by atoms with Crippen molar-refractivity contribution in [1.29, 1.82) is 0 Å². The maximum atomic E-state index is 10.4. The van der Waals surface area contributed by atoms with Gasteiger partial charge < -0.3 is 15.2 Å². The minimum atomic E-state index is -0.400. The Labute approximate surface area is 164 Å². The van der Waals surface area contributed by atoms with E-state index in [-0.39, 0.29) is 17.7 Å². The van der Waals surface area contributed by atoms with E-state index in [1.165, 1.54) is 5.56 Å². The lowest BCUT2D eigenvalue weighted by Crippen LogP contribution is -2.53. The summed E-state index contributed by atoms with van der Waals surface area (Å²) in [5, 5.41) is 14.2. The summed E-state index contributed by atoms with van der Waals surface area (Å²) < 4.78 is 6.73. The van der Waals surface area contributed by atoms with Gasteiger partial charge in [-0.2, -0.15) is 0 Å². The zero-order valence-electron chi connectivity index (χ0n) is 15.8. The van der Waals surface area contributed by atoms with Gasteiger partial charge in [0.2, 0.25) is 0 Å². The van der Waals surface area contributed by atoms with Gasteiger partial charge in [0.25, 0.3) is 0 Å². The number of ether oxygens (including phenoxy) is 1. The number of fused-ring (bicyclic) bond motifs is 3. The lowest BCUT2D eigenvalue weighted by Gasteiger charge is -2.51. The first kappa shape index (κ1) is 18.7. The molecule has 4 aliphatic rings. The summed E-state index contributed by atoms with van der Waals surface area (Å²) in [6, 6.07) is 4.31. The summed E-state index contributed by atoms with van der Waals surface area (Å²) in [7, 11) is 0. The standard InChI is InChI=1S/C20H30BrN3O2/c1-14-11-24(12-15(2)26-14)13-16-9-17(21)22-18(10-16)23-19-3-6-20(25,7-4-19)8-5-19/h9-10,14-15,25H,3-8,11-13H2,1-2H3,(H,22,23)/t14-,15+,19?,20?. The van der Waals surface area contributed by atoms with E-state index < -0.39 is 5.60 Å². The Morgan fingerprint density at radius 3 is 2.38 bits per heavy atom. The third-order valence-electron chi connectivity index (χ3n) is 6.36. The number of aliphatic hydroxyl groups is 1. The molecule has 6 heteroatoms. The molecule has 3 aliphatic carbocycles. The molecular weight excluding hydrogens is 394 g/mol. The molecule has 1 saturated heterocycles. The molecule has 3 saturated carbocycles. The van der Waals surface area contributed by atoms with Crippen molar-refractivity contribution < 1.29 is 9.84 Å². The highest BCUT2D eigenvalue weighted by molar-refractivity contribution is 9.10. The van der Waals surface area contributed by atoms with E-state index in [1.807, 2.05) is 0 Å². The van der Waals surface area contributed by atoms with E-state index >= 15 is 0 Å². The molecule has 1 aliphatic heterocycles. The Kier molecular flexibility index (Phi) is 5.05. The monoisotopic (exact) mass is 423 g/mol. The van der Waals surface area contributed by atoms with Crippen LogP contribution in [0, 0.1) is 0 Å². The maximum absolute atomic E-state index is 10.4. The number of rotatable bonds is 4. The quantitative estimate of drug-likeness (QED) is 0.722. The first-order valence-corrected chi connectivity index (χ1v) is 10.7. The fourth-order valence-corrected chi connectivity index (χ4v) is 5.49. The zero-order valence-corrected chi connectivity index (χ0v) is 17.4. The lowest BCUT2D eigenvalue weighted by atomic mass is 9.63. The van der Waals surface area contributed by atoms with Gasteiger partial charge in [0.15, 0.2) is 0 Å². The smallest absolute Gasteiger partial charge is 0.128 e. The van der Waals surface area contributed by atoms with E-state index in [0.717, 1.165) is 68.6 Å². The van der Waals surface area contributed by atoms with E-state index in [0.29, 0.717) is 0 Å². The molecule has 5 rings (SSSR count). The molecule has 0 amide bonds. The van der Waals surface area contributed by atoms with E-state index in [9.17, 15) is 5.11 Å². The minimum Gasteiger partial charge on any atom is -0.390 e. The van der Waals surface area contributed by atoms with Crippen molar-refractivity contribution in [2.24, 2.45) is 0 Å². The summed E-state index contributed by atoms with van der Waals surface area (Å²) in [6.07, 6.45) is 6.38. The molecule has 0 spiro atoms. The van der Waals surface area contributed by atoms with Crippen LogP contribution in [-0.2, 0) is 11.3 Å². The number of pyridine rings is 1. The molecule has 2 atom stereocenters. The number of aromatic nitrogens is 1. The fourth-order valence-electron chi connectivity index (χ4n) is 5.00. The Balaban J connectivity index is 1.46. The third-order valence-corrected chi connectivity index (χ3v) is 6.76. The normalized spacial score (nSPS) is 37.7. The highest BCUT2D eigenvalue weighted by atomic mass is 79.9. The van der Waals surface area contributed by atoms with Crippen molar-refractivity contribution in [2.45, 2.75) is 82.3 Å². The summed E-state index contributed by atoms with van der Waals surface area (Å²) in [6.45, 7) is 7.14. The van der Waals surface area contributed by atoms with Gasteiger partial charge in [-0.1, -0.05) is 0 Å². The largest absolute Gasteiger partial charge is 0.390 e. The Bertz CT molecular complexity index is 634. The van der Waals surface area contributed by atoms with Crippen LogP contribution >= 0.6 is 15.9 Å². The average molecular weight is 424 g/mol. The minimum absolute atomic E-state index is 0.109. The molecule has 2 bridgehead atoms. The SMILES string of the molecule is C[C@@H]1CN(Cc2cc(Br)nc(NC34CCC(O)(CC3)CC4)c2)C[C@H](C)O1. The van der Waals surface area contributed by atoms with Crippen LogP contribution in [0.3, 0.4) is 0 Å². The Morgan fingerprint density at radius 1 is 1.15 bits per heavy atom. The van der Waals surface area contributed by atoms with E-state index in [1.54, 1.807) is 0 Å². The second kappa shape index (κ2) is 7.04. The second-order valence-corrected chi connectivity index (χ2v) is 9.58. The molecule has 2 N–H and O–H groups in total. The molecule has 4 fully saturated rings. The number of nitrogens with zero attached hydrogens (tertiary/aromatic N) is 2. The predicted molar refractivity (Wildman–Crippen MR) is 106 cm³/mol. The van der Waals surface area contributed by atoms with Crippen LogP contribution in [0.25, 0.3) is 0 Å². The number of nitrogens with one attached hydrogen (secondary N) is 1. The Hall–Kier alpha value is -0.690. The number of morpholine rings is 1. The van der Waals surface area contributed by atoms with Crippen molar-refractivity contribution in [3.05, 3.63) is 22.3 Å². The number of hydrogen-bond acceptors (Lipinski definition) is 5. The highest BCUT2D eigenvalue weighted by Crippen LogP contribution is 2.48. The summed E-state index contributed by atoms with van der Waals surface area (Å²) in [4.78, 5) is 7.14. The fraction of sp³-hybridized carbons (Fsp3) is 0.750. The van der Waals surface area contributed by atoms with Crippen molar-refractivity contribution >= 4 is 21.7 Å². The second-order valence-electron chi connectivity index (χ2n) is 8.76. The predicted octanol–water partition coefficient (Wildman–Crippen LogP) is 3.70. The van der Waals surface area contributed by atoms with Crippen LogP contribution in [-0.4, -0.2) is 51.4 Å². The van der Waals surface area contributed by atoms with Crippen LogP contribution < -0.4 is 5.32 Å². The van der Waals surface area contributed by atoms with Gasteiger partial charge in [0.05, 0.1) is 17.8 Å². The molecule has 5 nitrogen and oxygen atoms in total. The van der Waals surface area contributed by atoms with Crippen LogP contribution in [0.5, 0.6) is 0 Å². The highest BCUT2D eigenvalue weighted by Gasteiger charge is 2.47. The van der Waals surface area contributed by atoms with Crippen molar-refractivity contribution in [1.82, 2.24) is 9.88 Å². The van der Waals surface area contributed by atoms with Gasteiger partial charge in [-0.3, -0.25) is 4.90 Å². The molecule has 144 valence electrons. The van der Waals surface area contributed by atoms with Gasteiger partial charge in [-0.15, -0.1) is 0 Å². The third kappa shape index (κ3) is 4.08. The summed E-state index contributed by atoms with van der Waals surface area (Å²) in [5.41, 5.74) is 0.982. The lowest BCUT2D eigenvalue weighted by molar-refractivity contribution is -0.0705. The van der Waals surface area contributed by atoms with Crippen molar-refractivity contribution in [3.63, 3.8) is 0 Å².